The maximum atomic E-state index is 5.55. The Labute approximate surface area is 120 Å². The van der Waals surface area contributed by atoms with Gasteiger partial charge in [0.2, 0.25) is 0 Å². The predicted octanol–water partition coefficient (Wildman–Crippen LogP) is 2.60. The molecule has 1 fully saturated rings. The van der Waals surface area contributed by atoms with Gasteiger partial charge in [-0.15, -0.1) is 0 Å². The fourth-order valence-electron chi connectivity index (χ4n) is 2.03. The number of benzene rings is 1. The van der Waals surface area contributed by atoms with Crippen molar-refractivity contribution >= 4 is 0 Å². The van der Waals surface area contributed by atoms with E-state index in [1.54, 1.807) is 14.2 Å². The van der Waals surface area contributed by atoms with Crippen molar-refractivity contribution < 1.29 is 18.9 Å². The SMILES string of the molecule is COc1ccc(C#CCOC2CCCCO2)cc1OC. The van der Waals surface area contributed by atoms with Crippen LogP contribution in [0, 0.1) is 11.8 Å². The molecule has 20 heavy (non-hydrogen) atoms. The molecule has 1 saturated heterocycles. The average molecular weight is 276 g/mol. The predicted molar refractivity (Wildman–Crippen MR) is 76.0 cm³/mol. The molecule has 1 atom stereocenters. The third-order valence-electron chi connectivity index (χ3n) is 3.10. The Bertz CT molecular complexity index is 481. The van der Waals surface area contributed by atoms with Crippen LogP contribution in [0.4, 0.5) is 0 Å². The van der Waals surface area contributed by atoms with E-state index in [1.807, 2.05) is 18.2 Å². The minimum Gasteiger partial charge on any atom is -0.493 e. The Morgan fingerprint density at radius 3 is 2.75 bits per heavy atom. The molecule has 2 rings (SSSR count). The zero-order valence-corrected chi connectivity index (χ0v) is 12.0. The molecular weight excluding hydrogens is 256 g/mol. The fraction of sp³-hybridized carbons (Fsp3) is 0.500. The summed E-state index contributed by atoms with van der Waals surface area (Å²) in [5, 5.41) is 0. The molecule has 1 heterocycles. The van der Waals surface area contributed by atoms with Crippen molar-refractivity contribution in [3.8, 4) is 23.3 Å². The van der Waals surface area contributed by atoms with Gasteiger partial charge in [-0.05, 0) is 37.5 Å². The minimum atomic E-state index is -0.0940. The monoisotopic (exact) mass is 276 g/mol. The first-order chi connectivity index (χ1) is 9.83. The molecule has 0 bridgehead atoms. The van der Waals surface area contributed by atoms with Gasteiger partial charge in [-0.25, -0.2) is 0 Å². The second-order valence-corrected chi connectivity index (χ2v) is 4.48. The van der Waals surface area contributed by atoms with Crippen LogP contribution >= 0.6 is 0 Å². The van der Waals surface area contributed by atoms with Gasteiger partial charge in [-0.1, -0.05) is 11.8 Å². The van der Waals surface area contributed by atoms with Crippen LogP contribution in [0.15, 0.2) is 18.2 Å². The molecule has 1 aromatic carbocycles. The maximum Gasteiger partial charge on any atom is 0.161 e. The average Bonchev–Trinajstić information content (AvgIpc) is 2.52. The molecule has 4 heteroatoms. The third kappa shape index (κ3) is 4.16. The van der Waals surface area contributed by atoms with Crippen LogP contribution in [0.5, 0.6) is 11.5 Å². The highest BCUT2D eigenvalue weighted by Crippen LogP contribution is 2.27. The van der Waals surface area contributed by atoms with E-state index in [1.165, 1.54) is 0 Å². The molecule has 1 aliphatic rings. The quantitative estimate of drug-likeness (QED) is 0.792. The standard InChI is InChI=1S/C16H20O4/c1-17-14-9-8-13(12-15(14)18-2)6-5-11-20-16-7-3-4-10-19-16/h8-9,12,16H,3-4,7,10-11H2,1-2H3. The van der Waals surface area contributed by atoms with Crippen molar-refractivity contribution in [2.45, 2.75) is 25.6 Å². The van der Waals surface area contributed by atoms with Crippen LogP contribution in [0.25, 0.3) is 0 Å². The van der Waals surface area contributed by atoms with E-state index in [0.717, 1.165) is 31.4 Å². The molecule has 1 aromatic rings. The molecule has 0 N–H and O–H groups in total. The lowest BCUT2D eigenvalue weighted by Gasteiger charge is -2.21. The number of hydrogen-bond donors (Lipinski definition) is 0. The van der Waals surface area contributed by atoms with Crippen LogP contribution < -0.4 is 9.47 Å². The Balaban J connectivity index is 1.88. The number of ether oxygens (including phenoxy) is 4. The first kappa shape index (κ1) is 14.7. The number of rotatable bonds is 4. The Morgan fingerprint density at radius 1 is 1.20 bits per heavy atom. The molecule has 4 nitrogen and oxygen atoms in total. The lowest BCUT2D eigenvalue weighted by molar-refractivity contribution is -0.154. The molecule has 0 aromatic heterocycles. The number of hydrogen-bond acceptors (Lipinski definition) is 4. The Kier molecular flexibility index (Phi) is 5.72. The van der Waals surface area contributed by atoms with E-state index < -0.39 is 0 Å². The van der Waals surface area contributed by atoms with E-state index in [-0.39, 0.29) is 6.29 Å². The zero-order chi connectivity index (χ0) is 14.2. The van der Waals surface area contributed by atoms with Crippen molar-refractivity contribution in [1.82, 2.24) is 0 Å². The molecule has 0 aliphatic carbocycles. The summed E-state index contributed by atoms with van der Waals surface area (Å²) in [6, 6.07) is 5.59. The van der Waals surface area contributed by atoms with Crippen LogP contribution in [-0.4, -0.2) is 33.7 Å². The molecule has 0 saturated carbocycles. The van der Waals surface area contributed by atoms with E-state index in [4.69, 9.17) is 18.9 Å². The van der Waals surface area contributed by atoms with E-state index in [9.17, 15) is 0 Å². The van der Waals surface area contributed by atoms with Crippen molar-refractivity contribution in [3.63, 3.8) is 0 Å². The number of methoxy groups -OCH3 is 2. The molecule has 1 unspecified atom stereocenters. The topological polar surface area (TPSA) is 36.9 Å². The molecule has 0 radical (unpaired) electrons. The summed E-state index contributed by atoms with van der Waals surface area (Å²) < 4.78 is 21.4. The fourth-order valence-corrected chi connectivity index (χ4v) is 2.03. The molecular formula is C16H20O4. The van der Waals surface area contributed by atoms with E-state index in [0.29, 0.717) is 18.1 Å². The van der Waals surface area contributed by atoms with Crippen LogP contribution in [0.2, 0.25) is 0 Å². The van der Waals surface area contributed by atoms with E-state index >= 15 is 0 Å². The second-order valence-electron chi connectivity index (χ2n) is 4.48. The van der Waals surface area contributed by atoms with Gasteiger partial charge < -0.3 is 18.9 Å². The summed E-state index contributed by atoms with van der Waals surface area (Å²) in [7, 11) is 3.22. The first-order valence-corrected chi connectivity index (χ1v) is 6.77. The van der Waals surface area contributed by atoms with E-state index in [2.05, 4.69) is 11.8 Å². The van der Waals surface area contributed by atoms with Gasteiger partial charge in [0, 0.05) is 12.2 Å². The van der Waals surface area contributed by atoms with Gasteiger partial charge in [-0.3, -0.25) is 0 Å². The lowest BCUT2D eigenvalue weighted by atomic mass is 10.2. The highest BCUT2D eigenvalue weighted by Gasteiger charge is 2.12. The molecule has 0 amide bonds. The lowest BCUT2D eigenvalue weighted by Crippen LogP contribution is -2.22. The second kappa shape index (κ2) is 7.78. The van der Waals surface area contributed by atoms with Crippen molar-refractivity contribution in [2.24, 2.45) is 0 Å². The molecule has 108 valence electrons. The molecule has 0 spiro atoms. The summed E-state index contributed by atoms with van der Waals surface area (Å²) in [5.41, 5.74) is 0.871. The van der Waals surface area contributed by atoms with Gasteiger partial charge in [0.25, 0.3) is 0 Å². The highest BCUT2D eigenvalue weighted by molar-refractivity contribution is 5.48. The van der Waals surface area contributed by atoms with Crippen molar-refractivity contribution in [2.75, 3.05) is 27.4 Å². The van der Waals surface area contributed by atoms with Gasteiger partial charge in [0.1, 0.15) is 6.61 Å². The van der Waals surface area contributed by atoms with Crippen LogP contribution in [0.1, 0.15) is 24.8 Å². The summed E-state index contributed by atoms with van der Waals surface area (Å²) in [4.78, 5) is 0. The normalized spacial score (nSPS) is 18.0. The smallest absolute Gasteiger partial charge is 0.161 e. The first-order valence-electron chi connectivity index (χ1n) is 6.77. The minimum absolute atomic E-state index is 0.0940. The van der Waals surface area contributed by atoms with Crippen molar-refractivity contribution in [1.29, 1.82) is 0 Å². The van der Waals surface area contributed by atoms with Gasteiger partial charge in [-0.2, -0.15) is 0 Å². The zero-order valence-electron chi connectivity index (χ0n) is 12.0. The third-order valence-corrected chi connectivity index (χ3v) is 3.10. The van der Waals surface area contributed by atoms with Gasteiger partial charge in [0.05, 0.1) is 14.2 Å². The summed E-state index contributed by atoms with van der Waals surface area (Å²) in [5.74, 6) is 7.41. The van der Waals surface area contributed by atoms with Crippen LogP contribution in [-0.2, 0) is 9.47 Å². The Morgan fingerprint density at radius 2 is 2.05 bits per heavy atom. The summed E-state index contributed by atoms with van der Waals surface area (Å²) >= 11 is 0. The van der Waals surface area contributed by atoms with Crippen LogP contribution in [0.3, 0.4) is 0 Å². The summed E-state index contributed by atoms with van der Waals surface area (Å²) in [6.45, 7) is 1.16. The van der Waals surface area contributed by atoms with Crippen molar-refractivity contribution in [3.05, 3.63) is 23.8 Å². The highest BCUT2D eigenvalue weighted by atomic mass is 16.7. The maximum absolute atomic E-state index is 5.55. The Hall–Kier alpha value is -1.70. The largest absolute Gasteiger partial charge is 0.493 e. The van der Waals surface area contributed by atoms with Gasteiger partial charge in [0.15, 0.2) is 17.8 Å². The summed E-state index contributed by atoms with van der Waals surface area (Å²) in [6.07, 6.45) is 3.15. The van der Waals surface area contributed by atoms with Gasteiger partial charge >= 0.3 is 0 Å². The molecule has 1 aliphatic heterocycles.